The van der Waals surface area contributed by atoms with Crippen molar-refractivity contribution in [2.24, 2.45) is 5.92 Å². The van der Waals surface area contributed by atoms with Gasteiger partial charge in [-0.15, -0.1) is 0 Å². The zero-order valence-electron chi connectivity index (χ0n) is 10.8. The van der Waals surface area contributed by atoms with Crippen molar-refractivity contribution in [3.05, 3.63) is 53.6 Å². The van der Waals surface area contributed by atoms with E-state index in [0.717, 1.165) is 0 Å². The predicted molar refractivity (Wildman–Crippen MR) is 71.4 cm³/mol. The molecule has 4 rings (SSSR count). The van der Waals surface area contributed by atoms with Gasteiger partial charge < -0.3 is 14.6 Å². The molecule has 2 aliphatic heterocycles. The number of aromatic hydroxyl groups is 1. The molecule has 0 fully saturated rings. The maximum Gasteiger partial charge on any atom is 0.326 e. The zero-order chi connectivity index (χ0) is 14.6. The molecule has 0 spiro atoms. The number of fused-ring (bicyclic) bond motifs is 4. The molecular formula is C16H10O5. The minimum atomic E-state index is -1.00. The first kappa shape index (κ1) is 12.0. The molecule has 2 aromatic rings. The van der Waals surface area contributed by atoms with Crippen molar-refractivity contribution in [1.29, 1.82) is 0 Å². The topological polar surface area (TPSA) is 72.8 Å². The number of carbonyl (C=O) groups excluding carboxylic acids is 2. The second-order valence-electron chi connectivity index (χ2n) is 5.02. The van der Waals surface area contributed by atoms with Gasteiger partial charge in [-0.2, -0.15) is 0 Å². The molecule has 2 heterocycles. The molecule has 1 N–H and O–H groups in total. The number of hydrogen-bond donors (Lipinski definition) is 1. The van der Waals surface area contributed by atoms with E-state index in [-0.39, 0.29) is 22.8 Å². The van der Waals surface area contributed by atoms with Gasteiger partial charge in [0.05, 0.1) is 5.56 Å². The lowest BCUT2D eigenvalue weighted by Gasteiger charge is -2.35. The summed E-state index contributed by atoms with van der Waals surface area (Å²) in [6, 6.07) is 11.2. The Morgan fingerprint density at radius 2 is 1.81 bits per heavy atom. The zero-order valence-corrected chi connectivity index (χ0v) is 10.8. The first-order valence-electron chi connectivity index (χ1n) is 6.49. The number of Topliss-reactive ketones (excluding diaryl/α,β-unsaturated/α-hetero) is 1. The summed E-state index contributed by atoms with van der Waals surface area (Å²) in [4.78, 5) is 24.6. The van der Waals surface area contributed by atoms with E-state index < -0.39 is 18.0 Å². The van der Waals surface area contributed by atoms with Crippen LogP contribution >= 0.6 is 0 Å². The summed E-state index contributed by atoms with van der Waals surface area (Å²) in [5, 5.41) is 9.53. The highest BCUT2D eigenvalue weighted by molar-refractivity contribution is 6.12. The van der Waals surface area contributed by atoms with E-state index in [2.05, 4.69) is 0 Å². The Bertz CT molecular complexity index is 780. The standard InChI is InChI=1S/C16H10O5/c17-8-5-6-9-12(7-8)20-15-10-3-1-2-4-11(10)21-16(19)13(15)14(9)18/h1-7,13,15,17H. The van der Waals surface area contributed by atoms with Gasteiger partial charge in [-0.1, -0.05) is 18.2 Å². The van der Waals surface area contributed by atoms with Crippen molar-refractivity contribution >= 4 is 11.8 Å². The average molecular weight is 282 g/mol. The fraction of sp³-hybridized carbons (Fsp3) is 0.125. The molecule has 104 valence electrons. The lowest BCUT2D eigenvalue weighted by Crippen LogP contribution is -2.42. The van der Waals surface area contributed by atoms with Crippen LogP contribution < -0.4 is 9.47 Å². The predicted octanol–water partition coefficient (Wildman–Crippen LogP) is 2.24. The average Bonchev–Trinajstić information content (AvgIpc) is 2.46. The van der Waals surface area contributed by atoms with Crippen LogP contribution in [0.5, 0.6) is 17.2 Å². The van der Waals surface area contributed by atoms with E-state index in [4.69, 9.17) is 9.47 Å². The third-order valence-electron chi connectivity index (χ3n) is 3.76. The van der Waals surface area contributed by atoms with Crippen molar-refractivity contribution in [3.63, 3.8) is 0 Å². The van der Waals surface area contributed by atoms with Crippen LogP contribution in [0.4, 0.5) is 0 Å². The van der Waals surface area contributed by atoms with Gasteiger partial charge in [0.1, 0.15) is 23.4 Å². The molecule has 0 radical (unpaired) electrons. The molecule has 0 aliphatic carbocycles. The Balaban J connectivity index is 1.90. The molecule has 0 aromatic heterocycles. The van der Waals surface area contributed by atoms with Gasteiger partial charge in [-0.3, -0.25) is 9.59 Å². The molecule has 0 saturated carbocycles. The Labute approximate surface area is 119 Å². The molecule has 5 nitrogen and oxygen atoms in total. The highest BCUT2D eigenvalue weighted by Gasteiger charge is 2.48. The van der Waals surface area contributed by atoms with Crippen LogP contribution in [0, 0.1) is 5.92 Å². The minimum absolute atomic E-state index is 0.00618. The van der Waals surface area contributed by atoms with E-state index >= 15 is 0 Å². The number of rotatable bonds is 0. The first-order valence-corrected chi connectivity index (χ1v) is 6.49. The quantitative estimate of drug-likeness (QED) is 0.456. The number of para-hydroxylation sites is 1. The van der Waals surface area contributed by atoms with Gasteiger partial charge in [-0.05, 0) is 18.2 Å². The number of ether oxygens (including phenoxy) is 2. The number of carbonyl (C=O) groups is 2. The van der Waals surface area contributed by atoms with Crippen molar-refractivity contribution in [2.45, 2.75) is 6.10 Å². The third kappa shape index (κ3) is 1.64. The van der Waals surface area contributed by atoms with Gasteiger partial charge >= 0.3 is 5.97 Å². The van der Waals surface area contributed by atoms with E-state index in [1.807, 2.05) is 0 Å². The molecule has 2 aromatic carbocycles. The van der Waals surface area contributed by atoms with Gasteiger partial charge in [-0.25, -0.2) is 0 Å². The Morgan fingerprint density at radius 1 is 1.00 bits per heavy atom. The summed E-state index contributed by atoms with van der Waals surface area (Å²) in [6.45, 7) is 0. The molecule has 2 aliphatic rings. The molecule has 2 atom stereocenters. The Morgan fingerprint density at radius 3 is 2.67 bits per heavy atom. The lowest BCUT2D eigenvalue weighted by molar-refractivity contribution is -0.142. The van der Waals surface area contributed by atoms with E-state index in [1.54, 1.807) is 24.3 Å². The number of benzene rings is 2. The Kier molecular flexibility index (Phi) is 2.33. The van der Waals surface area contributed by atoms with Crippen LogP contribution in [-0.4, -0.2) is 16.9 Å². The number of phenolic OH excluding ortho intramolecular Hbond substituents is 1. The molecule has 2 unspecified atom stereocenters. The minimum Gasteiger partial charge on any atom is -0.508 e. The second kappa shape index (κ2) is 4.09. The normalized spacial score (nSPS) is 22.5. The third-order valence-corrected chi connectivity index (χ3v) is 3.76. The summed E-state index contributed by atoms with van der Waals surface area (Å²) in [7, 11) is 0. The van der Waals surface area contributed by atoms with E-state index in [9.17, 15) is 14.7 Å². The van der Waals surface area contributed by atoms with Crippen LogP contribution in [0.2, 0.25) is 0 Å². The summed E-state index contributed by atoms with van der Waals surface area (Å²) in [6.07, 6.45) is -0.718. The summed E-state index contributed by atoms with van der Waals surface area (Å²) in [5.74, 6) is -1.27. The molecule has 0 saturated heterocycles. The lowest BCUT2D eigenvalue weighted by atomic mass is 9.84. The maximum atomic E-state index is 12.5. The highest BCUT2D eigenvalue weighted by atomic mass is 16.6. The fourth-order valence-corrected chi connectivity index (χ4v) is 2.78. The number of phenols is 1. The molecule has 5 heteroatoms. The molecule has 0 amide bonds. The van der Waals surface area contributed by atoms with Crippen LogP contribution in [0.15, 0.2) is 42.5 Å². The van der Waals surface area contributed by atoms with Gasteiger partial charge in [0, 0.05) is 11.6 Å². The monoisotopic (exact) mass is 282 g/mol. The van der Waals surface area contributed by atoms with Crippen molar-refractivity contribution < 1.29 is 24.2 Å². The van der Waals surface area contributed by atoms with Gasteiger partial charge in [0.2, 0.25) is 0 Å². The van der Waals surface area contributed by atoms with Crippen molar-refractivity contribution in [1.82, 2.24) is 0 Å². The van der Waals surface area contributed by atoms with Crippen LogP contribution in [0.25, 0.3) is 0 Å². The van der Waals surface area contributed by atoms with E-state index in [0.29, 0.717) is 11.3 Å². The van der Waals surface area contributed by atoms with E-state index in [1.165, 1.54) is 18.2 Å². The number of esters is 1. The Hall–Kier alpha value is -2.82. The number of hydrogen-bond acceptors (Lipinski definition) is 5. The van der Waals surface area contributed by atoms with Crippen molar-refractivity contribution in [2.75, 3.05) is 0 Å². The van der Waals surface area contributed by atoms with Crippen molar-refractivity contribution in [3.8, 4) is 17.2 Å². The smallest absolute Gasteiger partial charge is 0.326 e. The molecule has 21 heavy (non-hydrogen) atoms. The van der Waals surface area contributed by atoms with Gasteiger partial charge in [0.25, 0.3) is 0 Å². The van der Waals surface area contributed by atoms with Crippen LogP contribution in [0.1, 0.15) is 22.0 Å². The summed E-state index contributed by atoms with van der Waals surface area (Å²) >= 11 is 0. The summed E-state index contributed by atoms with van der Waals surface area (Å²) in [5.41, 5.74) is 0.940. The van der Waals surface area contributed by atoms with Crippen LogP contribution in [0.3, 0.4) is 0 Å². The fourth-order valence-electron chi connectivity index (χ4n) is 2.78. The molecular weight excluding hydrogens is 272 g/mol. The van der Waals surface area contributed by atoms with Gasteiger partial charge in [0.15, 0.2) is 11.7 Å². The highest BCUT2D eigenvalue weighted by Crippen LogP contribution is 2.45. The summed E-state index contributed by atoms with van der Waals surface area (Å²) < 4.78 is 11.0. The SMILES string of the molecule is O=C1Oc2ccccc2C2Oc3cc(O)ccc3C(=O)C12. The molecule has 0 bridgehead atoms. The van der Waals surface area contributed by atoms with Crippen LogP contribution in [-0.2, 0) is 4.79 Å². The first-order chi connectivity index (χ1) is 10.1. The number of ketones is 1. The second-order valence-corrected chi connectivity index (χ2v) is 5.02. The maximum absolute atomic E-state index is 12.5. The largest absolute Gasteiger partial charge is 0.508 e.